The van der Waals surface area contributed by atoms with Crippen molar-refractivity contribution in [3.63, 3.8) is 0 Å². The highest BCUT2D eigenvalue weighted by atomic mass is 79.9. The number of carbonyl (C=O) groups is 1. The third-order valence-corrected chi connectivity index (χ3v) is 6.47. The second-order valence-electron chi connectivity index (χ2n) is 6.31. The molecule has 1 amide bonds. The molecular weight excluding hydrogens is 511 g/mol. The number of hydrogen-bond donors (Lipinski definition) is 1. The molecule has 0 atom stereocenters. The number of carbonyl (C=O) groups excluding carboxylic acids is 1. The lowest BCUT2D eigenvalue weighted by molar-refractivity contribution is -0.113. The Balaban J connectivity index is 1.49. The molecule has 0 saturated heterocycles. The Hall–Kier alpha value is -2.00. The van der Waals surface area contributed by atoms with Crippen LogP contribution in [0.1, 0.15) is 6.92 Å². The van der Waals surface area contributed by atoms with Crippen LogP contribution < -0.4 is 5.32 Å². The van der Waals surface area contributed by atoms with E-state index in [4.69, 9.17) is 27.6 Å². The summed E-state index contributed by atoms with van der Waals surface area (Å²) < 4.78 is 8.83. The van der Waals surface area contributed by atoms with Crippen molar-refractivity contribution in [1.82, 2.24) is 14.8 Å². The minimum Gasteiger partial charge on any atom is -0.453 e. The fraction of sp³-hybridized carbons (Fsp3) is 0.150. The molecule has 2 heterocycles. The van der Waals surface area contributed by atoms with Crippen LogP contribution >= 0.6 is 50.9 Å². The number of rotatable bonds is 6. The number of halogens is 3. The highest BCUT2D eigenvalue weighted by Crippen LogP contribution is 2.31. The molecule has 0 aliphatic rings. The third kappa shape index (κ3) is 4.51. The summed E-state index contributed by atoms with van der Waals surface area (Å²) in [4.78, 5) is 12.3. The van der Waals surface area contributed by atoms with Crippen molar-refractivity contribution >= 4 is 73.5 Å². The summed E-state index contributed by atoms with van der Waals surface area (Å²) in [6, 6.07) is 12.7. The molecule has 4 rings (SSSR count). The van der Waals surface area contributed by atoms with Crippen molar-refractivity contribution in [2.45, 2.75) is 18.6 Å². The molecule has 0 unspecified atom stereocenters. The van der Waals surface area contributed by atoms with Gasteiger partial charge in [0.05, 0.1) is 15.8 Å². The van der Waals surface area contributed by atoms with Gasteiger partial charge in [-0.3, -0.25) is 9.36 Å². The van der Waals surface area contributed by atoms with Gasteiger partial charge in [-0.05, 0) is 49.4 Å². The molecule has 0 radical (unpaired) electrons. The van der Waals surface area contributed by atoms with Crippen LogP contribution in [0.4, 0.5) is 5.69 Å². The number of amides is 1. The fourth-order valence-corrected chi connectivity index (χ4v) is 4.37. The van der Waals surface area contributed by atoms with Crippen molar-refractivity contribution in [2.75, 3.05) is 11.1 Å². The van der Waals surface area contributed by atoms with Crippen molar-refractivity contribution in [1.29, 1.82) is 0 Å². The predicted molar refractivity (Wildman–Crippen MR) is 124 cm³/mol. The van der Waals surface area contributed by atoms with Gasteiger partial charge in [0, 0.05) is 22.1 Å². The summed E-state index contributed by atoms with van der Waals surface area (Å²) in [5, 5.41) is 13.8. The van der Waals surface area contributed by atoms with Gasteiger partial charge in [-0.2, -0.15) is 0 Å². The van der Waals surface area contributed by atoms with Crippen LogP contribution in [0.5, 0.6) is 0 Å². The molecule has 6 nitrogen and oxygen atoms in total. The second kappa shape index (κ2) is 9.01. The van der Waals surface area contributed by atoms with Crippen LogP contribution in [-0.4, -0.2) is 26.4 Å². The third-order valence-electron chi connectivity index (χ3n) is 4.27. The monoisotopic (exact) mass is 524 g/mol. The van der Waals surface area contributed by atoms with Gasteiger partial charge in [-0.1, -0.05) is 50.9 Å². The van der Waals surface area contributed by atoms with Crippen molar-refractivity contribution in [2.24, 2.45) is 0 Å². The first-order chi connectivity index (χ1) is 14.4. The molecule has 0 aliphatic heterocycles. The van der Waals surface area contributed by atoms with Crippen LogP contribution in [0.15, 0.2) is 56.5 Å². The van der Waals surface area contributed by atoms with Gasteiger partial charge >= 0.3 is 0 Å². The SMILES string of the molecule is CCn1c(SCC(=O)Nc2ccc(Cl)c(Cl)c2)nnc1-c1cc2cc(Br)ccc2o1. The lowest BCUT2D eigenvalue weighted by Crippen LogP contribution is -2.14. The Kier molecular flexibility index (Phi) is 6.38. The number of hydrogen-bond acceptors (Lipinski definition) is 5. The first kappa shape index (κ1) is 21.2. The van der Waals surface area contributed by atoms with Gasteiger partial charge in [0.15, 0.2) is 10.9 Å². The van der Waals surface area contributed by atoms with Gasteiger partial charge in [-0.25, -0.2) is 0 Å². The topological polar surface area (TPSA) is 73.0 Å². The van der Waals surface area contributed by atoms with Gasteiger partial charge < -0.3 is 9.73 Å². The molecule has 2 aromatic heterocycles. The maximum Gasteiger partial charge on any atom is 0.234 e. The second-order valence-corrected chi connectivity index (χ2v) is 8.98. The van der Waals surface area contributed by atoms with Crippen molar-refractivity contribution in [3.8, 4) is 11.6 Å². The smallest absolute Gasteiger partial charge is 0.234 e. The summed E-state index contributed by atoms with van der Waals surface area (Å²) >= 11 is 16.7. The molecule has 0 fully saturated rings. The van der Waals surface area contributed by atoms with Crippen LogP contribution in [0.3, 0.4) is 0 Å². The van der Waals surface area contributed by atoms with E-state index in [1.165, 1.54) is 11.8 Å². The largest absolute Gasteiger partial charge is 0.453 e. The van der Waals surface area contributed by atoms with Gasteiger partial charge in [0.25, 0.3) is 0 Å². The summed E-state index contributed by atoms with van der Waals surface area (Å²) in [6.07, 6.45) is 0. The Morgan fingerprint density at radius 1 is 1.17 bits per heavy atom. The van der Waals surface area contributed by atoms with Crippen LogP contribution in [0.25, 0.3) is 22.6 Å². The normalized spacial score (nSPS) is 11.2. The molecule has 30 heavy (non-hydrogen) atoms. The summed E-state index contributed by atoms with van der Waals surface area (Å²) in [5.41, 5.74) is 1.36. The number of nitrogens with zero attached hydrogens (tertiary/aromatic N) is 3. The van der Waals surface area contributed by atoms with E-state index in [1.807, 2.05) is 35.8 Å². The highest BCUT2D eigenvalue weighted by molar-refractivity contribution is 9.10. The Labute approximate surface area is 195 Å². The average molecular weight is 526 g/mol. The first-order valence-electron chi connectivity index (χ1n) is 8.95. The Bertz CT molecular complexity index is 1240. The number of fused-ring (bicyclic) bond motifs is 1. The van der Waals surface area contributed by atoms with Gasteiger partial charge in [0.1, 0.15) is 5.58 Å². The molecule has 0 saturated carbocycles. The zero-order chi connectivity index (χ0) is 21.3. The minimum atomic E-state index is -0.181. The molecule has 0 aliphatic carbocycles. The quantitative estimate of drug-likeness (QED) is 0.290. The van der Waals surface area contributed by atoms with E-state index in [2.05, 4.69) is 31.4 Å². The molecule has 0 bridgehead atoms. The number of nitrogens with one attached hydrogen (secondary N) is 1. The highest BCUT2D eigenvalue weighted by Gasteiger charge is 2.18. The lowest BCUT2D eigenvalue weighted by Gasteiger charge is -2.07. The average Bonchev–Trinajstić information content (AvgIpc) is 3.32. The number of anilines is 1. The Morgan fingerprint density at radius 2 is 2.00 bits per heavy atom. The summed E-state index contributed by atoms with van der Waals surface area (Å²) in [6.45, 7) is 2.63. The van der Waals surface area contributed by atoms with E-state index in [-0.39, 0.29) is 11.7 Å². The Morgan fingerprint density at radius 3 is 2.77 bits per heavy atom. The molecule has 0 spiro atoms. The van der Waals surface area contributed by atoms with E-state index in [0.29, 0.717) is 39.0 Å². The summed E-state index contributed by atoms with van der Waals surface area (Å²) in [7, 11) is 0. The van der Waals surface area contributed by atoms with E-state index < -0.39 is 0 Å². The van der Waals surface area contributed by atoms with E-state index in [9.17, 15) is 4.79 Å². The van der Waals surface area contributed by atoms with Gasteiger partial charge in [-0.15, -0.1) is 10.2 Å². The zero-order valence-electron chi connectivity index (χ0n) is 15.7. The molecule has 4 aromatic rings. The standard InChI is InChI=1S/C20H15BrCl2N4O2S/c1-2-27-19(17-8-11-7-12(21)3-6-16(11)29-17)25-26-20(27)30-10-18(28)24-13-4-5-14(22)15(23)9-13/h3-9H,2,10H2,1H3,(H,24,28). The molecule has 2 aromatic carbocycles. The number of aromatic nitrogens is 3. The fourth-order valence-electron chi connectivity index (χ4n) is 2.89. The minimum absolute atomic E-state index is 0.172. The molecular formula is C20H15BrCl2N4O2S. The molecule has 10 heteroatoms. The zero-order valence-corrected chi connectivity index (χ0v) is 19.6. The predicted octanol–water partition coefficient (Wildman–Crippen LogP) is 6.51. The lowest BCUT2D eigenvalue weighted by atomic mass is 10.2. The van der Waals surface area contributed by atoms with Crippen LogP contribution in [-0.2, 0) is 11.3 Å². The maximum atomic E-state index is 12.3. The van der Waals surface area contributed by atoms with Crippen molar-refractivity contribution in [3.05, 3.63) is 57.0 Å². The van der Waals surface area contributed by atoms with Crippen LogP contribution in [0.2, 0.25) is 10.0 Å². The first-order valence-corrected chi connectivity index (χ1v) is 11.5. The van der Waals surface area contributed by atoms with Crippen LogP contribution in [0, 0.1) is 0 Å². The van der Waals surface area contributed by atoms with E-state index in [1.54, 1.807) is 18.2 Å². The number of thioether (sulfide) groups is 1. The number of furan rings is 1. The number of benzene rings is 2. The molecule has 154 valence electrons. The van der Waals surface area contributed by atoms with E-state index >= 15 is 0 Å². The summed E-state index contributed by atoms with van der Waals surface area (Å²) in [5.74, 6) is 1.24. The van der Waals surface area contributed by atoms with Gasteiger partial charge in [0.2, 0.25) is 11.7 Å². The maximum absolute atomic E-state index is 12.3. The molecule has 1 N–H and O–H groups in total. The van der Waals surface area contributed by atoms with Crippen molar-refractivity contribution < 1.29 is 9.21 Å². The van der Waals surface area contributed by atoms with E-state index in [0.717, 1.165) is 15.4 Å².